The summed E-state index contributed by atoms with van der Waals surface area (Å²) in [6.07, 6.45) is 4.97. The number of methoxy groups -OCH3 is 1. The van der Waals surface area contributed by atoms with E-state index in [1.807, 2.05) is 45.0 Å². The molecular weight excluding hydrogens is 408 g/mol. The lowest BCUT2D eigenvalue weighted by Gasteiger charge is -2.27. The number of nitrogens with one attached hydrogen (secondary N) is 1. The number of benzene rings is 1. The second-order valence-corrected chi connectivity index (χ2v) is 9.40. The topological polar surface area (TPSA) is 77.1 Å². The van der Waals surface area contributed by atoms with Gasteiger partial charge in [0.1, 0.15) is 17.0 Å². The lowest BCUT2D eigenvalue weighted by molar-refractivity contribution is -0.136. The molecule has 0 saturated heterocycles. The molecule has 0 spiro atoms. The minimum Gasteiger partial charge on any atom is -0.497 e. The first-order valence-electron chi connectivity index (χ1n) is 11.7. The normalized spacial score (nSPS) is 14.5. The van der Waals surface area contributed by atoms with Gasteiger partial charge in [0.05, 0.1) is 7.11 Å². The Balaban J connectivity index is 1.76. The smallest absolute Gasteiger partial charge is 0.410 e. The van der Waals surface area contributed by atoms with Crippen LogP contribution < -0.4 is 10.1 Å². The van der Waals surface area contributed by atoms with Gasteiger partial charge in [0.15, 0.2) is 0 Å². The molecule has 1 aliphatic carbocycles. The fraction of sp³-hybridized carbons (Fsp3) is 0.680. The molecule has 0 aliphatic heterocycles. The van der Waals surface area contributed by atoms with E-state index in [0.717, 1.165) is 43.4 Å². The molecule has 180 valence electrons. The fourth-order valence-corrected chi connectivity index (χ4v) is 3.33. The predicted octanol–water partition coefficient (Wildman–Crippen LogP) is 4.68. The second-order valence-electron chi connectivity index (χ2n) is 9.40. The zero-order valence-electron chi connectivity index (χ0n) is 20.4. The number of nitrogens with zero attached hydrogens (tertiary/aromatic N) is 1. The number of hydrogen-bond donors (Lipinski definition) is 1. The molecule has 0 aromatic heterocycles. The van der Waals surface area contributed by atoms with Crippen LogP contribution >= 0.6 is 0 Å². The van der Waals surface area contributed by atoms with Crippen LogP contribution in [0.4, 0.5) is 4.79 Å². The third-order valence-electron chi connectivity index (χ3n) is 5.36. The molecule has 1 aromatic carbocycles. The van der Waals surface area contributed by atoms with Gasteiger partial charge in [-0.2, -0.15) is 0 Å². The highest BCUT2D eigenvalue weighted by atomic mass is 16.6. The van der Waals surface area contributed by atoms with Crippen molar-refractivity contribution in [3.63, 3.8) is 0 Å². The van der Waals surface area contributed by atoms with E-state index in [1.165, 1.54) is 0 Å². The van der Waals surface area contributed by atoms with Gasteiger partial charge in [-0.1, -0.05) is 31.9 Å². The third-order valence-corrected chi connectivity index (χ3v) is 5.36. The molecule has 1 aromatic rings. The molecule has 7 nitrogen and oxygen atoms in total. The van der Waals surface area contributed by atoms with Gasteiger partial charge in [-0.3, -0.25) is 4.79 Å². The lowest BCUT2D eigenvalue weighted by atomic mass is 10.2. The van der Waals surface area contributed by atoms with Crippen molar-refractivity contribution in [2.75, 3.05) is 26.8 Å². The van der Waals surface area contributed by atoms with Crippen molar-refractivity contribution >= 4 is 12.0 Å². The Morgan fingerprint density at radius 2 is 1.72 bits per heavy atom. The summed E-state index contributed by atoms with van der Waals surface area (Å²) in [6, 6.07) is 7.62. The lowest BCUT2D eigenvalue weighted by Crippen LogP contribution is -2.40. The number of hydrogen-bond acceptors (Lipinski definition) is 5. The number of amides is 2. The Morgan fingerprint density at radius 1 is 1.06 bits per heavy atom. The van der Waals surface area contributed by atoms with Gasteiger partial charge in [0.25, 0.3) is 5.91 Å². The maximum Gasteiger partial charge on any atom is 0.410 e. The first kappa shape index (κ1) is 26.0. The SMILES string of the molecule is CCCCCN(CCCOC1(C(=O)NCc2ccc(OC)cc2)CC1)C(=O)OC(C)(C)C. The van der Waals surface area contributed by atoms with E-state index < -0.39 is 11.2 Å². The summed E-state index contributed by atoms with van der Waals surface area (Å²) in [5.41, 5.74) is -0.225. The molecule has 1 fully saturated rings. The summed E-state index contributed by atoms with van der Waals surface area (Å²) < 4.78 is 16.7. The van der Waals surface area contributed by atoms with E-state index in [-0.39, 0.29) is 12.0 Å². The number of unbranched alkanes of at least 4 members (excludes halogenated alkanes) is 2. The van der Waals surface area contributed by atoms with Crippen molar-refractivity contribution in [3.8, 4) is 5.75 Å². The number of carbonyl (C=O) groups is 2. The third kappa shape index (κ3) is 8.69. The zero-order chi connectivity index (χ0) is 23.6. The molecule has 2 rings (SSSR count). The van der Waals surface area contributed by atoms with Crippen LogP contribution in [-0.2, 0) is 20.8 Å². The van der Waals surface area contributed by atoms with Crippen LogP contribution in [0.5, 0.6) is 5.75 Å². The van der Waals surface area contributed by atoms with Gasteiger partial charge in [0.2, 0.25) is 0 Å². The van der Waals surface area contributed by atoms with Crippen molar-refractivity contribution in [3.05, 3.63) is 29.8 Å². The van der Waals surface area contributed by atoms with Crippen molar-refractivity contribution in [2.24, 2.45) is 0 Å². The Bertz CT molecular complexity index is 723. The van der Waals surface area contributed by atoms with Crippen LogP contribution in [0.3, 0.4) is 0 Å². The molecule has 1 saturated carbocycles. The van der Waals surface area contributed by atoms with Crippen LogP contribution in [0.15, 0.2) is 24.3 Å². The number of ether oxygens (including phenoxy) is 3. The minimum absolute atomic E-state index is 0.0692. The molecule has 1 N–H and O–H groups in total. The standard InChI is InChI=1S/C25H40N2O5/c1-6-7-8-16-27(23(29)32-24(2,3)4)17-9-18-31-25(14-15-25)22(28)26-19-20-10-12-21(30-5)13-11-20/h10-13H,6-9,14-19H2,1-5H3,(H,26,28). The summed E-state index contributed by atoms with van der Waals surface area (Å²) in [5.74, 6) is 0.720. The molecule has 2 amide bonds. The summed E-state index contributed by atoms with van der Waals surface area (Å²) in [7, 11) is 1.63. The van der Waals surface area contributed by atoms with E-state index in [0.29, 0.717) is 32.7 Å². The van der Waals surface area contributed by atoms with Crippen LogP contribution in [-0.4, -0.2) is 54.9 Å². The quantitative estimate of drug-likeness (QED) is 0.444. The molecule has 0 heterocycles. The maximum atomic E-state index is 12.6. The van der Waals surface area contributed by atoms with Gasteiger partial charge in [-0.25, -0.2) is 4.79 Å². The highest BCUT2D eigenvalue weighted by Gasteiger charge is 2.51. The summed E-state index contributed by atoms with van der Waals surface area (Å²) >= 11 is 0. The van der Waals surface area contributed by atoms with E-state index in [1.54, 1.807) is 12.0 Å². The Kier molecular flexibility index (Phi) is 9.82. The van der Waals surface area contributed by atoms with Crippen molar-refractivity contribution in [1.82, 2.24) is 10.2 Å². The Hall–Kier alpha value is -2.28. The predicted molar refractivity (Wildman–Crippen MR) is 125 cm³/mol. The Morgan fingerprint density at radius 3 is 2.28 bits per heavy atom. The van der Waals surface area contributed by atoms with Crippen LogP contribution in [0, 0.1) is 0 Å². The molecule has 0 bridgehead atoms. The van der Waals surface area contributed by atoms with Gasteiger partial charge < -0.3 is 24.4 Å². The molecule has 32 heavy (non-hydrogen) atoms. The minimum atomic E-state index is -0.717. The first-order valence-corrected chi connectivity index (χ1v) is 11.7. The zero-order valence-corrected chi connectivity index (χ0v) is 20.4. The maximum absolute atomic E-state index is 12.6. The van der Waals surface area contributed by atoms with Gasteiger partial charge >= 0.3 is 6.09 Å². The monoisotopic (exact) mass is 448 g/mol. The first-order chi connectivity index (χ1) is 15.2. The van der Waals surface area contributed by atoms with Crippen LogP contribution in [0.2, 0.25) is 0 Å². The largest absolute Gasteiger partial charge is 0.497 e. The molecule has 7 heteroatoms. The molecule has 1 aliphatic rings. The summed E-state index contributed by atoms with van der Waals surface area (Å²) in [4.78, 5) is 26.9. The number of rotatable bonds is 13. The van der Waals surface area contributed by atoms with Crippen molar-refractivity contribution in [2.45, 2.75) is 84.0 Å². The molecule has 0 atom stereocenters. The fourth-order valence-electron chi connectivity index (χ4n) is 3.33. The van der Waals surface area contributed by atoms with Gasteiger partial charge in [-0.05, 0) is 64.2 Å². The molecule has 0 unspecified atom stereocenters. The highest BCUT2D eigenvalue weighted by molar-refractivity contribution is 5.88. The summed E-state index contributed by atoms with van der Waals surface area (Å²) in [6.45, 7) is 9.89. The van der Waals surface area contributed by atoms with Crippen LogP contribution in [0.1, 0.15) is 71.8 Å². The van der Waals surface area contributed by atoms with E-state index >= 15 is 0 Å². The number of carbonyl (C=O) groups excluding carboxylic acids is 2. The van der Waals surface area contributed by atoms with Gasteiger partial charge in [0, 0.05) is 26.2 Å². The van der Waals surface area contributed by atoms with Crippen molar-refractivity contribution in [1.29, 1.82) is 0 Å². The Labute approximate surface area is 192 Å². The average Bonchev–Trinajstić information content (AvgIpc) is 3.54. The van der Waals surface area contributed by atoms with Crippen LogP contribution in [0.25, 0.3) is 0 Å². The average molecular weight is 449 g/mol. The molecular formula is C25H40N2O5. The van der Waals surface area contributed by atoms with E-state index in [2.05, 4.69) is 12.2 Å². The second kappa shape index (κ2) is 12.1. The van der Waals surface area contributed by atoms with E-state index in [9.17, 15) is 9.59 Å². The van der Waals surface area contributed by atoms with Gasteiger partial charge in [-0.15, -0.1) is 0 Å². The van der Waals surface area contributed by atoms with E-state index in [4.69, 9.17) is 14.2 Å². The summed E-state index contributed by atoms with van der Waals surface area (Å²) in [5, 5.41) is 2.98. The van der Waals surface area contributed by atoms with Crippen molar-refractivity contribution < 1.29 is 23.8 Å². The highest BCUT2D eigenvalue weighted by Crippen LogP contribution is 2.40. The molecule has 0 radical (unpaired) electrons.